The molecule has 1 N–H and O–H groups in total. The number of carbonyl (C=O) groups excluding carboxylic acids is 3. The van der Waals surface area contributed by atoms with Crippen LogP contribution in [0.3, 0.4) is 0 Å². The molecule has 1 aromatic carbocycles. The number of nitrogens with zero attached hydrogens (tertiary/aromatic N) is 3. The lowest BCUT2D eigenvalue weighted by Crippen LogP contribution is -2.48. The number of aromatic nitrogens is 2. The molecule has 0 unspecified atom stereocenters. The van der Waals surface area contributed by atoms with Gasteiger partial charge in [-0.15, -0.1) is 0 Å². The van der Waals surface area contributed by atoms with Crippen LogP contribution >= 0.6 is 11.8 Å². The number of carbonyl (C=O) groups is 3. The minimum Gasteiger partial charge on any atom is -0.467 e. The van der Waals surface area contributed by atoms with Crippen LogP contribution in [0.5, 0.6) is 0 Å². The summed E-state index contributed by atoms with van der Waals surface area (Å²) >= 11 is 1.58. The number of aryl methyl sites for hydroxylation is 1. The van der Waals surface area contributed by atoms with Crippen molar-refractivity contribution in [2.24, 2.45) is 0 Å². The number of hydrogen-bond acceptors (Lipinski definition) is 7. The van der Waals surface area contributed by atoms with Crippen LogP contribution < -0.4 is 0 Å². The Bertz CT molecular complexity index is 941. The first-order valence-corrected chi connectivity index (χ1v) is 13.2. The quantitative estimate of drug-likeness (QED) is 0.332. The Morgan fingerprint density at radius 3 is 2.77 bits per heavy atom. The van der Waals surface area contributed by atoms with Crippen LogP contribution in [0.15, 0.2) is 42.9 Å². The van der Waals surface area contributed by atoms with E-state index in [0.717, 1.165) is 24.1 Å². The van der Waals surface area contributed by atoms with Gasteiger partial charge in [0.15, 0.2) is 6.04 Å². The molecule has 190 valence electrons. The predicted molar refractivity (Wildman–Crippen MR) is 133 cm³/mol. The highest BCUT2D eigenvalue weighted by atomic mass is 32.2. The molecule has 1 aliphatic rings. The van der Waals surface area contributed by atoms with Crippen LogP contribution in [-0.4, -0.2) is 82.1 Å². The molecule has 0 saturated carbocycles. The van der Waals surface area contributed by atoms with Gasteiger partial charge in [0, 0.05) is 24.9 Å². The summed E-state index contributed by atoms with van der Waals surface area (Å²) in [6.07, 6.45) is 8.14. The van der Waals surface area contributed by atoms with Crippen molar-refractivity contribution in [3.8, 4) is 0 Å². The normalized spacial score (nSPS) is 16.2. The van der Waals surface area contributed by atoms with Crippen molar-refractivity contribution in [1.82, 2.24) is 19.9 Å². The van der Waals surface area contributed by atoms with Crippen molar-refractivity contribution in [3.05, 3.63) is 54.1 Å². The molecule has 0 aliphatic carbocycles. The second kappa shape index (κ2) is 13.9. The first-order chi connectivity index (χ1) is 17.0. The maximum absolute atomic E-state index is 13.3. The molecule has 1 aliphatic heterocycles. The van der Waals surface area contributed by atoms with E-state index in [-0.39, 0.29) is 37.3 Å². The molecule has 1 fully saturated rings. The molecular formula is C25H34N4O5S. The zero-order valence-electron chi connectivity index (χ0n) is 20.4. The fraction of sp³-hybridized carbons (Fsp3) is 0.520. The summed E-state index contributed by atoms with van der Waals surface area (Å²) in [4.78, 5) is 53.5. The van der Waals surface area contributed by atoms with Crippen LogP contribution in [0.4, 0.5) is 0 Å². The number of hydrogen-bond donors (Lipinski definition) is 1. The van der Waals surface area contributed by atoms with E-state index in [1.165, 1.54) is 12.2 Å². The fourth-order valence-corrected chi connectivity index (χ4v) is 4.65. The van der Waals surface area contributed by atoms with E-state index in [1.807, 2.05) is 36.6 Å². The number of nitrogens with one attached hydrogen (secondary N) is 1. The van der Waals surface area contributed by atoms with Crippen LogP contribution in [-0.2, 0) is 36.8 Å². The summed E-state index contributed by atoms with van der Waals surface area (Å²) < 4.78 is 5.00. The highest BCUT2D eigenvalue weighted by Crippen LogP contribution is 2.21. The van der Waals surface area contributed by atoms with E-state index in [1.54, 1.807) is 29.2 Å². The Labute approximate surface area is 210 Å². The van der Waals surface area contributed by atoms with Gasteiger partial charge in [0.25, 0.3) is 0 Å². The number of thioether (sulfide) groups is 1. The van der Waals surface area contributed by atoms with Gasteiger partial charge in [0.05, 0.1) is 32.5 Å². The highest BCUT2D eigenvalue weighted by Gasteiger charge is 2.35. The second-order valence-corrected chi connectivity index (χ2v) is 9.44. The third kappa shape index (κ3) is 7.83. The zero-order chi connectivity index (χ0) is 25.0. The summed E-state index contributed by atoms with van der Waals surface area (Å²) in [7, 11) is 1.31. The van der Waals surface area contributed by atoms with Crippen molar-refractivity contribution in [1.29, 1.82) is 0 Å². The Morgan fingerprint density at radius 2 is 2.09 bits per heavy atom. The maximum atomic E-state index is 13.3. The summed E-state index contributed by atoms with van der Waals surface area (Å²) in [6, 6.07) is 8.70. The molecule has 2 amide bonds. The lowest BCUT2D eigenvalue weighted by Gasteiger charge is -2.32. The standard InChI is InChI=1S/C25H34N4O5S/c1-33-25(32)22(12-14-35-2)29(23(30)11-10-19-7-4-3-5-8-19)34-17-21-9-6-13-28(21)24(31)15-20-16-26-18-27-20/h3-5,7-8,16,18,21-22H,6,9-15,17H2,1-2H3,(H,26,27)/t21-,22-/m0/s1. The number of methoxy groups -OCH3 is 1. The molecule has 2 aromatic rings. The number of likely N-dealkylation sites (tertiary alicyclic amines) is 1. The molecular weight excluding hydrogens is 468 g/mol. The first kappa shape index (κ1) is 26.7. The average Bonchev–Trinajstić information content (AvgIpc) is 3.57. The van der Waals surface area contributed by atoms with Crippen LogP contribution in [0.2, 0.25) is 0 Å². The van der Waals surface area contributed by atoms with Gasteiger partial charge >= 0.3 is 5.97 Å². The molecule has 0 bridgehead atoms. The molecule has 1 aromatic heterocycles. The van der Waals surface area contributed by atoms with Gasteiger partial charge in [-0.3, -0.25) is 14.4 Å². The van der Waals surface area contributed by atoms with E-state index in [9.17, 15) is 14.4 Å². The van der Waals surface area contributed by atoms with Crippen LogP contribution in [0.1, 0.15) is 36.9 Å². The number of amides is 2. The molecule has 35 heavy (non-hydrogen) atoms. The van der Waals surface area contributed by atoms with Crippen molar-refractivity contribution in [2.45, 2.75) is 50.6 Å². The summed E-state index contributed by atoms with van der Waals surface area (Å²) in [6.45, 7) is 0.772. The maximum Gasteiger partial charge on any atom is 0.331 e. The summed E-state index contributed by atoms with van der Waals surface area (Å²) in [5, 5.41) is 1.20. The van der Waals surface area contributed by atoms with Gasteiger partial charge in [0.2, 0.25) is 11.8 Å². The van der Waals surface area contributed by atoms with Gasteiger partial charge in [-0.05, 0) is 43.3 Å². The number of imidazole rings is 1. The van der Waals surface area contributed by atoms with Crippen molar-refractivity contribution >= 4 is 29.5 Å². The molecule has 10 heteroatoms. The molecule has 0 spiro atoms. The lowest BCUT2D eigenvalue weighted by atomic mass is 10.1. The molecule has 3 rings (SSSR count). The van der Waals surface area contributed by atoms with Gasteiger partial charge < -0.3 is 14.6 Å². The van der Waals surface area contributed by atoms with Gasteiger partial charge in [-0.2, -0.15) is 11.8 Å². The molecule has 1 saturated heterocycles. The number of aromatic amines is 1. The van der Waals surface area contributed by atoms with Crippen molar-refractivity contribution in [3.63, 3.8) is 0 Å². The third-order valence-electron chi connectivity index (χ3n) is 6.07. The van der Waals surface area contributed by atoms with Crippen molar-refractivity contribution in [2.75, 3.05) is 32.3 Å². The van der Waals surface area contributed by atoms with E-state index in [4.69, 9.17) is 9.57 Å². The zero-order valence-corrected chi connectivity index (χ0v) is 21.2. The van der Waals surface area contributed by atoms with E-state index in [0.29, 0.717) is 25.1 Å². The SMILES string of the molecule is COC(=O)[C@H](CCSC)N(OC[C@@H]1CCCN1C(=O)Cc1cnc[nH]1)C(=O)CCc1ccccc1. The number of H-pyrrole nitrogens is 1. The molecule has 9 nitrogen and oxygen atoms in total. The summed E-state index contributed by atoms with van der Waals surface area (Å²) in [5.41, 5.74) is 1.79. The number of rotatable bonds is 13. The highest BCUT2D eigenvalue weighted by molar-refractivity contribution is 7.98. The van der Waals surface area contributed by atoms with E-state index in [2.05, 4.69) is 9.97 Å². The third-order valence-corrected chi connectivity index (χ3v) is 6.71. The number of benzene rings is 1. The van der Waals surface area contributed by atoms with Gasteiger partial charge in [0.1, 0.15) is 0 Å². The molecule has 2 heterocycles. The molecule has 0 radical (unpaired) electrons. The largest absolute Gasteiger partial charge is 0.467 e. The Kier molecular flexibility index (Phi) is 10.6. The van der Waals surface area contributed by atoms with Crippen LogP contribution in [0.25, 0.3) is 0 Å². The van der Waals surface area contributed by atoms with E-state index < -0.39 is 12.0 Å². The average molecular weight is 503 g/mol. The number of hydroxylamine groups is 2. The number of ether oxygens (including phenoxy) is 1. The fourth-order valence-electron chi connectivity index (χ4n) is 4.19. The first-order valence-electron chi connectivity index (χ1n) is 11.9. The van der Waals surface area contributed by atoms with Gasteiger partial charge in [-0.1, -0.05) is 30.3 Å². The lowest BCUT2D eigenvalue weighted by molar-refractivity contribution is -0.212. The van der Waals surface area contributed by atoms with Crippen molar-refractivity contribution < 1.29 is 24.0 Å². The smallest absolute Gasteiger partial charge is 0.331 e. The number of esters is 1. The Balaban J connectivity index is 1.68. The topological polar surface area (TPSA) is 105 Å². The second-order valence-electron chi connectivity index (χ2n) is 8.46. The van der Waals surface area contributed by atoms with Crippen LogP contribution in [0, 0.1) is 0 Å². The Morgan fingerprint density at radius 1 is 1.29 bits per heavy atom. The predicted octanol–water partition coefficient (Wildman–Crippen LogP) is 2.63. The monoisotopic (exact) mass is 502 g/mol. The van der Waals surface area contributed by atoms with E-state index >= 15 is 0 Å². The summed E-state index contributed by atoms with van der Waals surface area (Å²) in [5.74, 6) is -0.136. The van der Waals surface area contributed by atoms with Gasteiger partial charge in [-0.25, -0.2) is 14.8 Å². The minimum atomic E-state index is -0.841. The Hall–Kier alpha value is -2.85. The minimum absolute atomic E-state index is 0.0193. The molecule has 2 atom stereocenters.